The molecule has 1 aliphatic carbocycles. The van der Waals surface area contributed by atoms with Crippen LogP contribution in [0.5, 0.6) is 0 Å². The quantitative estimate of drug-likeness (QED) is 0.198. The Balaban J connectivity index is 1.81. The Hall–Kier alpha value is -1.65. The van der Waals surface area contributed by atoms with E-state index >= 15 is 0 Å². The van der Waals surface area contributed by atoms with Crippen LogP contribution >= 0.6 is 0 Å². The molecule has 32 heavy (non-hydrogen) atoms. The maximum atomic E-state index is 11.7. The number of aliphatic hydroxyl groups excluding tert-OH is 1. The van der Waals surface area contributed by atoms with Crippen LogP contribution in [0.4, 0.5) is 0 Å². The van der Waals surface area contributed by atoms with Crippen molar-refractivity contribution >= 4 is 5.97 Å². The molecule has 1 unspecified atom stereocenters. The van der Waals surface area contributed by atoms with Crippen LogP contribution in [0.3, 0.4) is 0 Å². The molecule has 1 aromatic carbocycles. The van der Waals surface area contributed by atoms with Crippen LogP contribution < -0.4 is 0 Å². The van der Waals surface area contributed by atoms with Crippen molar-refractivity contribution in [3.63, 3.8) is 0 Å². The van der Waals surface area contributed by atoms with E-state index in [1.54, 1.807) is 7.11 Å². The maximum Gasteiger partial charge on any atom is 0.335 e. The Bertz CT molecular complexity index is 659. The second kappa shape index (κ2) is 15.2. The lowest BCUT2D eigenvalue weighted by molar-refractivity contribution is -0.139. The molecule has 1 aliphatic rings. The van der Waals surface area contributed by atoms with E-state index in [4.69, 9.17) is 14.6 Å². The van der Waals surface area contributed by atoms with E-state index in [-0.39, 0.29) is 12.2 Å². The highest BCUT2D eigenvalue weighted by atomic mass is 16.5. The van der Waals surface area contributed by atoms with Crippen molar-refractivity contribution in [1.82, 2.24) is 0 Å². The van der Waals surface area contributed by atoms with Gasteiger partial charge in [0.2, 0.25) is 0 Å². The third-order valence-electron chi connectivity index (χ3n) is 7.01. The minimum Gasteiger partial charge on any atom is -0.462 e. The van der Waals surface area contributed by atoms with E-state index in [1.807, 2.05) is 0 Å². The molecule has 4 heteroatoms. The standard InChI is InChI=1S/C28H44O4/c1-4-5-6-7-23-8-12-26(13-9-23)27-14-10-24(11-15-27)20-25(16-18-31-3)17-19-32-28(30)22(2)21-29/h10-11,14-15,23,25-26,29H,2,4-9,12-13,16-21H2,1,3H3. The van der Waals surface area contributed by atoms with Gasteiger partial charge in [0.1, 0.15) is 0 Å². The van der Waals surface area contributed by atoms with Gasteiger partial charge in [-0.2, -0.15) is 0 Å². The fourth-order valence-corrected chi connectivity index (χ4v) is 4.84. The van der Waals surface area contributed by atoms with E-state index in [1.165, 1.54) is 62.5 Å². The smallest absolute Gasteiger partial charge is 0.335 e. The number of carbonyl (C=O) groups is 1. The van der Waals surface area contributed by atoms with Gasteiger partial charge in [0.15, 0.2) is 0 Å². The van der Waals surface area contributed by atoms with Crippen molar-refractivity contribution in [3.05, 3.63) is 47.5 Å². The topological polar surface area (TPSA) is 55.8 Å². The molecule has 1 aromatic rings. The number of methoxy groups -OCH3 is 1. The van der Waals surface area contributed by atoms with E-state index in [2.05, 4.69) is 37.8 Å². The summed E-state index contributed by atoms with van der Waals surface area (Å²) in [6, 6.07) is 9.22. The molecule has 0 aromatic heterocycles. The molecule has 0 amide bonds. The molecule has 1 saturated carbocycles. The van der Waals surface area contributed by atoms with Crippen LogP contribution in [-0.4, -0.2) is 38.0 Å². The average molecular weight is 445 g/mol. The van der Waals surface area contributed by atoms with E-state index in [9.17, 15) is 4.79 Å². The summed E-state index contributed by atoms with van der Waals surface area (Å²) in [5.41, 5.74) is 2.92. The van der Waals surface area contributed by atoms with Crippen LogP contribution in [0.2, 0.25) is 0 Å². The van der Waals surface area contributed by atoms with Crippen LogP contribution in [-0.2, 0) is 20.7 Å². The number of rotatable bonds is 15. The van der Waals surface area contributed by atoms with Gasteiger partial charge in [-0.1, -0.05) is 63.5 Å². The molecule has 0 heterocycles. The van der Waals surface area contributed by atoms with Gasteiger partial charge in [-0.05, 0) is 73.8 Å². The monoisotopic (exact) mass is 444 g/mol. The molecular formula is C28H44O4. The summed E-state index contributed by atoms with van der Waals surface area (Å²) in [4.78, 5) is 11.7. The lowest BCUT2D eigenvalue weighted by atomic mass is 9.77. The zero-order valence-electron chi connectivity index (χ0n) is 20.3. The SMILES string of the molecule is C=C(CO)C(=O)OCCC(CCOC)Cc1ccc(C2CCC(CCCCC)CC2)cc1. The highest BCUT2D eigenvalue weighted by Crippen LogP contribution is 2.37. The molecule has 1 fully saturated rings. The average Bonchev–Trinajstić information content (AvgIpc) is 2.83. The van der Waals surface area contributed by atoms with E-state index in [0.717, 1.165) is 31.1 Å². The lowest BCUT2D eigenvalue weighted by Crippen LogP contribution is -2.16. The van der Waals surface area contributed by atoms with Gasteiger partial charge in [-0.3, -0.25) is 0 Å². The first-order chi connectivity index (χ1) is 15.6. The van der Waals surface area contributed by atoms with Crippen molar-refractivity contribution < 1.29 is 19.4 Å². The predicted octanol–water partition coefficient (Wildman–Crippen LogP) is 6.22. The fourth-order valence-electron chi connectivity index (χ4n) is 4.84. The summed E-state index contributed by atoms with van der Waals surface area (Å²) in [7, 11) is 1.72. The second-order valence-electron chi connectivity index (χ2n) is 9.49. The first kappa shape index (κ1) is 26.6. The number of ether oxygens (including phenoxy) is 2. The molecule has 0 spiro atoms. The minimum atomic E-state index is -0.512. The summed E-state index contributed by atoms with van der Waals surface area (Å²) in [5.74, 6) is 1.54. The molecule has 0 bridgehead atoms. The molecule has 180 valence electrons. The zero-order chi connectivity index (χ0) is 23.2. The molecule has 1 atom stereocenters. The molecule has 0 saturated heterocycles. The molecule has 1 N–H and O–H groups in total. The maximum absolute atomic E-state index is 11.7. The van der Waals surface area contributed by atoms with Gasteiger partial charge in [-0.25, -0.2) is 4.79 Å². The van der Waals surface area contributed by atoms with Gasteiger partial charge >= 0.3 is 5.97 Å². The summed E-state index contributed by atoms with van der Waals surface area (Å²) < 4.78 is 10.5. The van der Waals surface area contributed by atoms with Crippen LogP contribution in [0.25, 0.3) is 0 Å². The van der Waals surface area contributed by atoms with Crippen molar-refractivity contribution in [2.45, 2.75) is 83.5 Å². The normalized spacial score (nSPS) is 19.5. The lowest BCUT2D eigenvalue weighted by Gasteiger charge is -2.29. The summed E-state index contributed by atoms with van der Waals surface area (Å²) >= 11 is 0. The molecule has 0 aliphatic heterocycles. The van der Waals surface area contributed by atoms with Gasteiger partial charge in [0.25, 0.3) is 0 Å². The predicted molar refractivity (Wildman–Crippen MR) is 131 cm³/mol. The van der Waals surface area contributed by atoms with Crippen LogP contribution in [0, 0.1) is 11.8 Å². The highest BCUT2D eigenvalue weighted by Gasteiger charge is 2.22. The molecule has 2 rings (SSSR count). The van der Waals surface area contributed by atoms with Crippen molar-refractivity contribution in [2.24, 2.45) is 11.8 Å². The highest BCUT2D eigenvalue weighted by molar-refractivity contribution is 5.87. The van der Waals surface area contributed by atoms with Gasteiger partial charge < -0.3 is 14.6 Å². The third kappa shape index (κ3) is 9.46. The molecular weight excluding hydrogens is 400 g/mol. The van der Waals surface area contributed by atoms with Crippen molar-refractivity contribution in [2.75, 3.05) is 26.9 Å². The molecule has 0 radical (unpaired) electrons. The van der Waals surface area contributed by atoms with E-state index in [0.29, 0.717) is 19.1 Å². The Kier molecular flexibility index (Phi) is 12.7. The number of carbonyl (C=O) groups excluding carboxylic acids is 1. The third-order valence-corrected chi connectivity index (χ3v) is 7.01. The minimum absolute atomic E-state index is 0.101. The van der Waals surface area contributed by atoms with E-state index < -0.39 is 5.97 Å². The Morgan fingerprint density at radius 3 is 2.41 bits per heavy atom. The van der Waals surface area contributed by atoms with Gasteiger partial charge in [-0.15, -0.1) is 0 Å². The fraction of sp³-hybridized carbons (Fsp3) is 0.679. The Morgan fingerprint density at radius 1 is 1.09 bits per heavy atom. The Labute approximate surface area is 195 Å². The summed E-state index contributed by atoms with van der Waals surface area (Å²) in [6.07, 6.45) is 13.6. The van der Waals surface area contributed by atoms with Crippen LogP contribution in [0.15, 0.2) is 36.4 Å². The number of hydrogen-bond donors (Lipinski definition) is 1. The largest absolute Gasteiger partial charge is 0.462 e. The van der Waals surface area contributed by atoms with Gasteiger partial charge in [0, 0.05) is 13.7 Å². The first-order valence-electron chi connectivity index (χ1n) is 12.6. The summed E-state index contributed by atoms with van der Waals surface area (Å²) in [5, 5.41) is 8.98. The molecule has 4 nitrogen and oxygen atoms in total. The second-order valence-corrected chi connectivity index (χ2v) is 9.49. The zero-order valence-corrected chi connectivity index (χ0v) is 20.3. The number of unbranched alkanes of at least 4 members (excludes halogenated alkanes) is 2. The number of aliphatic hydroxyl groups is 1. The van der Waals surface area contributed by atoms with Crippen molar-refractivity contribution in [1.29, 1.82) is 0 Å². The first-order valence-corrected chi connectivity index (χ1v) is 12.6. The van der Waals surface area contributed by atoms with Crippen molar-refractivity contribution in [3.8, 4) is 0 Å². The Morgan fingerprint density at radius 2 is 1.78 bits per heavy atom. The number of esters is 1. The number of hydrogen-bond acceptors (Lipinski definition) is 4. The number of benzene rings is 1. The van der Waals surface area contributed by atoms with Gasteiger partial charge in [0.05, 0.1) is 18.8 Å². The summed E-state index contributed by atoms with van der Waals surface area (Å²) in [6.45, 7) is 6.47. The van der Waals surface area contributed by atoms with Crippen LogP contribution in [0.1, 0.15) is 88.2 Å².